The van der Waals surface area contributed by atoms with Crippen LogP contribution < -0.4 is 5.32 Å². The van der Waals surface area contributed by atoms with Crippen LogP contribution in [0.1, 0.15) is 26.7 Å². The highest BCUT2D eigenvalue weighted by Gasteiger charge is 2.53. The first-order valence-corrected chi connectivity index (χ1v) is 8.74. The third-order valence-corrected chi connectivity index (χ3v) is 8.11. The van der Waals surface area contributed by atoms with E-state index in [0.29, 0.717) is 0 Å². The monoisotopic (exact) mass is 287 g/mol. The maximum absolute atomic E-state index is 11.6. The van der Waals surface area contributed by atoms with Crippen LogP contribution in [0.2, 0.25) is 0 Å². The quantitative estimate of drug-likeness (QED) is 0.421. The zero-order chi connectivity index (χ0) is 13.9. The van der Waals surface area contributed by atoms with Crippen molar-refractivity contribution in [3.8, 4) is 0 Å². The Kier molecular flexibility index (Phi) is 5.57. The molecule has 0 aliphatic carbocycles. The SMILES string of the molecule is CC(=O)NCCCC(C)(P(C)(=O)O)P(=O)(O)O. The van der Waals surface area contributed by atoms with Crippen molar-refractivity contribution in [2.75, 3.05) is 13.2 Å². The maximum atomic E-state index is 11.6. The van der Waals surface area contributed by atoms with Crippen LogP contribution in [0.25, 0.3) is 0 Å². The van der Waals surface area contributed by atoms with Gasteiger partial charge in [0, 0.05) is 20.1 Å². The normalized spacial score (nSPS) is 19.2. The molecule has 0 radical (unpaired) electrons. The Balaban J connectivity index is 4.72. The van der Waals surface area contributed by atoms with Crippen LogP contribution in [-0.2, 0) is 13.9 Å². The number of nitrogens with one attached hydrogen (secondary N) is 1. The summed E-state index contributed by atoms with van der Waals surface area (Å²) < 4.78 is 22.9. The second-order valence-corrected chi connectivity index (χ2v) is 9.40. The Bertz CT molecular complexity index is 348. The molecule has 0 aliphatic heterocycles. The second kappa shape index (κ2) is 5.63. The van der Waals surface area contributed by atoms with Gasteiger partial charge in [0.05, 0.1) is 0 Å². The third-order valence-electron chi connectivity index (χ3n) is 2.72. The minimum absolute atomic E-state index is 0.137. The van der Waals surface area contributed by atoms with Crippen molar-refractivity contribution in [3.05, 3.63) is 0 Å². The lowest BCUT2D eigenvalue weighted by atomic mass is 10.2. The van der Waals surface area contributed by atoms with E-state index in [0.717, 1.165) is 13.6 Å². The van der Waals surface area contributed by atoms with E-state index in [-0.39, 0.29) is 25.3 Å². The molecule has 0 aromatic rings. The fourth-order valence-corrected chi connectivity index (χ4v) is 4.24. The molecule has 1 amide bonds. The predicted molar refractivity (Wildman–Crippen MR) is 64.1 cm³/mol. The summed E-state index contributed by atoms with van der Waals surface area (Å²) in [6, 6.07) is 0. The highest BCUT2D eigenvalue weighted by atomic mass is 31.2. The van der Waals surface area contributed by atoms with Crippen molar-refractivity contribution < 1.29 is 28.6 Å². The van der Waals surface area contributed by atoms with Crippen LogP contribution in [0, 0.1) is 0 Å². The first-order valence-electron chi connectivity index (χ1n) is 5.02. The first kappa shape index (κ1) is 16.8. The minimum Gasteiger partial charge on any atom is -0.356 e. The lowest BCUT2D eigenvalue weighted by molar-refractivity contribution is -0.118. The Hall–Kier alpha value is -0.190. The van der Waals surface area contributed by atoms with Crippen LogP contribution in [0.3, 0.4) is 0 Å². The van der Waals surface area contributed by atoms with Crippen molar-refractivity contribution in [2.45, 2.75) is 31.6 Å². The summed E-state index contributed by atoms with van der Waals surface area (Å²) in [6.07, 6.45) is 0.0847. The van der Waals surface area contributed by atoms with Gasteiger partial charge >= 0.3 is 7.60 Å². The smallest absolute Gasteiger partial charge is 0.340 e. The molecule has 0 aromatic carbocycles. The average Bonchev–Trinajstić information content (AvgIpc) is 2.07. The molecule has 0 bridgehead atoms. The number of amides is 1. The molecule has 0 heterocycles. The Morgan fingerprint density at radius 1 is 1.29 bits per heavy atom. The summed E-state index contributed by atoms with van der Waals surface area (Å²) >= 11 is 0. The Labute approximate surface area is 100 Å². The van der Waals surface area contributed by atoms with Crippen LogP contribution in [-0.4, -0.2) is 38.7 Å². The summed E-state index contributed by atoms with van der Waals surface area (Å²) in [5.74, 6) is -0.258. The molecule has 0 spiro atoms. The van der Waals surface area contributed by atoms with Gasteiger partial charge in [0.2, 0.25) is 13.3 Å². The number of carbonyl (C=O) groups excluding carboxylic acids is 1. The van der Waals surface area contributed by atoms with E-state index in [1.54, 1.807) is 0 Å². The van der Waals surface area contributed by atoms with E-state index in [1.165, 1.54) is 6.92 Å². The molecule has 9 heteroatoms. The lowest BCUT2D eigenvalue weighted by Crippen LogP contribution is -2.28. The van der Waals surface area contributed by atoms with Crippen molar-refractivity contribution in [2.24, 2.45) is 0 Å². The largest absolute Gasteiger partial charge is 0.356 e. The van der Waals surface area contributed by atoms with Crippen LogP contribution >= 0.6 is 15.0 Å². The lowest BCUT2D eigenvalue weighted by Gasteiger charge is -2.32. The van der Waals surface area contributed by atoms with Crippen molar-refractivity contribution in [1.82, 2.24) is 5.32 Å². The fraction of sp³-hybridized carbons (Fsp3) is 0.875. The summed E-state index contributed by atoms with van der Waals surface area (Å²) in [6.45, 7) is 3.57. The minimum atomic E-state index is -4.70. The number of carbonyl (C=O) groups is 1. The van der Waals surface area contributed by atoms with E-state index >= 15 is 0 Å². The van der Waals surface area contributed by atoms with Gasteiger partial charge < -0.3 is 20.0 Å². The molecule has 0 aromatic heterocycles. The molecule has 0 rings (SSSR count). The number of rotatable bonds is 6. The van der Waals surface area contributed by atoms with Crippen molar-refractivity contribution >= 4 is 20.9 Å². The molecule has 2 unspecified atom stereocenters. The summed E-state index contributed by atoms with van der Waals surface area (Å²) in [4.78, 5) is 36.4. The van der Waals surface area contributed by atoms with Gasteiger partial charge in [-0.1, -0.05) is 0 Å². The van der Waals surface area contributed by atoms with Crippen LogP contribution in [0.5, 0.6) is 0 Å². The molecular weight excluding hydrogens is 268 g/mol. The molecule has 4 N–H and O–H groups in total. The molecule has 0 saturated carbocycles. The Morgan fingerprint density at radius 3 is 2.06 bits per heavy atom. The van der Waals surface area contributed by atoms with E-state index in [9.17, 15) is 28.6 Å². The summed E-state index contributed by atoms with van der Waals surface area (Å²) in [5, 5.41) is 2.46. The molecule has 0 saturated heterocycles. The van der Waals surface area contributed by atoms with E-state index in [1.807, 2.05) is 0 Å². The van der Waals surface area contributed by atoms with E-state index in [2.05, 4.69) is 5.32 Å². The third kappa shape index (κ3) is 4.53. The second-order valence-electron chi connectivity index (χ2n) is 4.23. The van der Waals surface area contributed by atoms with Gasteiger partial charge in [-0.05, 0) is 19.8 Å². The van der Waals surface area contributed by atoms with Crippen LogP contribution in [0.15, 0.2) is 0 Å². The highest BCUT2D eigenvalue weighted by molar-refractivity contribution is 7.74. The standard InChI is InChI=1S/C8H19NO6P2/c1-7(10)9-6-4-5-8(2,16(3,11)12)17(13,14)15/h4-6H2,1-3H3,(H,9,10)(H,11,12)(H2,13,14,15). The zero-order valence-electron chi connectivity index (χ0n) is 10.1. The summed E-state index contributed by atoms with van der Waals surface area (Å²) in [7, 11) is -8.65. The van der Waals surface area contributed by atoms with Gasteiger partial charge in [-0.25, -0.2) is 0 Å². The van der Waals surface area contributed by atoms with Gasteiger partial charge in [0.1, 0.15) is 4.90 Å². The van der Waals surface area contributed by atoms with Gasteiger partial charge in [0.15, 0.2) is 0 Å². The first-order chi connectivity index (χ1) is 7.42. The van der Waals surface area contributed by atoms with Crippen LogP contribution in [0.4, 0.5) is 0 Å². The van der Waals surface area contributed by atoms with Gasteiger partial charge in [-0.3, -0.25) is 13.9 Å². The van der Waals surface area contributed by atoms with Gasteiger partial charge in [0.25, 0.3) is 0 Å². The van der Waals surface area contributed by atoms with Gasteiger partial charge in [-0.2, -0.15) is 0 Å². The molecule has 7 nitrogen and oxygen atoms in total. The molecule has 17 heavy (non-hydrogen) atoms. The zero-order valence-corrected chi connectivity index (χ0v) is 11.9. The molecule has 2 atom stereocenters. The predicted octanol–water partition coefficient (Wildman–Crippen LogP) is 0.697. The molecular formula is C8H19NO6P2. The fourth-order valence-electron chi connectivity index (χ4n) is 1.28. The molecule has 0 fully saturated rings. The average molecular weight is 287 g/mol. The summed E-state index contributed by atoms with van der Waals surface area (Å²) in [5.41, 5.74) is 0. The van der Waals surface area contributed by atoms with E-state index < -0.39 is 19.9 Å². The van der Waals surface area contributed by atoms with Gasteiger partial charge in [-0.15, -0.1) is 0 Å². The van der Waals surface area contributed by atoms with Crippen molar-refractivity contribution in [1.29, 1.82) is 0 Å². The highest BCUT2D eigenvalue weighted by Crippen LogP contribution is 2.70. The number of hydrogen-bond acceptors (Lipinski definition) is 3. The van der Waals surface area contributed by atoms with Crippen molar-refractivity contribution in [3.63, 3.8) is 0 Å². The number of hydrogen-bond donors (Lipinski definition) is 4. The topological polar surface area (TPSA) is 124 Å². The van der Waals surface area contributed by atoms with E-state index in [4.69, 9.17) is 0 Å². The molecule has 0 aliphatic rings. The maximum Gasteiger partial charge on any atom is 0.340 e. The molecule has 102 valence electrons. The Morgan fingerprint density at radius 2 is 1.76 bits per heavy atom.